The van der Waals surface area contributed by atoms with Crippen LogP contribution in [0.1, 0.15) is 45.9 Å². The molecular weight excluding hydrogens is 636 g/mol. The van der Waals surface area contributed by atoms with E-state index in [-0.39, 0.29) is 0 Å². The summed E-state index contributed by atoms with van der Waals surface area (Å²) in [6.45, 7) is 7.72. The van der Waals surface area contributed by atoms with Gasteiger partial charge in [0.15, 0.2) is 0 Å². The SMILES string of the molecule is CC(=NCc1ccccc1)c1ccccc1.Cc1ccc(Br)cc1.Cc1ccc(CC(=NCc2ccccc2)c2ccccc2)cc1. The predicted octanol–water partition coefficient (Wildman–Crippen LogP) is 11.7. The first-order chi connectivity index (χ1) is 23.0. The minimum absolute atomic E-state index is 0.719. The molecule has 0 aliphatic rings. The van der Waals surface area contributed by atoms with Gasteiger partial charge in [0, 0.05) is 22.3 Å². The summed E-state index contributed by atoms with van der Waals surface area (Å²) < 4.78 is 1.14. The van der Waals surface area contributed by atoms with Crippen LogP contribution in [0.2, 0.25) is 0 Å². The van der Waals surface area contributed by atoms with Gasteiger partial charge in [-0.1, -0.05) is 185 Å². The van der Waals surface area contributed by atoms with Crippen LogP contribution >= 0.6 is 15.9 Å². The Morgan fingerprint density at radius 1 is 0.447 bits per heavy atom. The van der Waals surface area contributed by atoms with Crippen LogP contribution in [-0.4, -0.2) is 11.4 Å². The average molecular weight is 680 g/mol. The smallest absolute Gasteiger partial charge is 0.0643 e. The van der Waals surface area contributed by atoms with Gasteiger partial charge in [-0.05, 0) is 60.7 Å². The molecule has 2 nitrogen and oxygen atoms in total. The molecule has 0 saturated heterocycles. The fourth-order valence-corrected chi connectivity index (χ4v) is 4.91. The van der Waals surface area contributed by atoms with Crippen LogP contribution in [0.15, 0.2) is 184 Å². The Kier molecular flexibility index (Phi) is 14.6. The number of hydrogen-bond acceptors (Lipinski definition) is 2. The second-order valence-electron chi connectivity index (χ2n) is 11.3. The first kappa shape index (κ1) is 35.0. The van der Waals surface area contributed by atoms with Crippen molar-refractivity contribution < 1.29 is 0 Å². The maximum Gasteiger partial charge on any atom is 0.0643 e. The molecule has 0 spiro atoms. The number of rotatable bonds is 8. The molecule has 6 aromatic rings. The zero-order valence-electron chi connectivity index (χ0n) is 27.6. The highest BCUT2D eigenvalue weighted by Gasteiger charge is 2.05. The lowest BCUT2D eigenvalue weighted by Gasteiger charge is -2.08. The van der Waals surface area contributed by atoms with Crippen molar-refractivity contribution in [1.82, 2.24) is 0 Å². The fraction of sp³-hybridized carbons (Fsp3) is 0.136. The molecule has 6 aromatic carbocycles. The first-order valence-corrected chi connectivity index (χ1v) is 16.8. The number of aliphatic imine (C=N–C) groups is 2. The molecule has 0 aliphatic carbocycles. The predicted molar refractivity (Wildman–Crippen MR) is 206 cm³/mol. The minimum Gasteiger partial charge on any atom is -0.285 e. The van der Waals surface area contributed by atoms with Crippen LogP contribution in [0.5, 0.6) is 0 Å². The lowest BCUT2D eigenvalue weighted by Crippen LogP contribution is -2.06. The van der Waals surface area contributed by atoms with Gasteiger partial charge < -0.3 is 0 Å². The molecule has 0 atom stereocenters. The third-order valence-electron chi connectivity index (χ3n) is 7.44. The van der Waals surface area contributed by atoms with Gasteiger partial charge in [0.1, 0.15) is 0 Å². The van der Waals surface area contributed by atoms with E-state index in [0.29, 0.717) is 0 Å². The van der Waals surface area contributed by atoms with Gasteiger partial charge in [-0.2, -0.15) is 0 Å². The largest absolute Gasteiger partial charge is 0.285 e. The highest BCUT2D eigenvalue weighted by atomic mass is 79.9. The van der Waals surface area contributed by atoms with Crippen molar-refractivity contribution >= 4 is 27.4 Å². The molecule has 6 rings (SSSR count). The average Bonchev–Trinajstić information content (AvgIpc) is 3.13. The van der Waals surface area contributed by atoms with E-state index in [1.54, 1.807) is 0 Å². The van der Waals surface area contributed by atoms with E-state index >= 15 is 0 Å². The molecule has 0 heterocycles. The molecule has 0 aliphatic heterocycles. The molecule has 0 fully saturated rings. The van der Waals surface area contributed by atoms with E-state index in [1.807, 2.05) is 60.7 Å². The number of halogens is 1. The van der Waals surface area contributed by atoms with Crippen molar-refractivity contribution in [3.8, 4) is 0 Å². The summed E-state index contributed by atoms with van der Waals surface area (Å²) in [4.78, 5) is 9.48. The quantitative estimate of drug-likeness (QED) is 0.143. The molecule has 3 heteroatoms. The Balaban J connectivity index is 0.000000180. The molecule has 236 valence electrons. The Morgan fingerprint density at radius 2 is 0.851 bits per heavy atom. The number of nitrogens with zero attached hydrogens (tertiary/aromatic N) is 2. The van der Waals surface area contributed by atoms with Crippen LogP contribution in [-0.2, 0) is 19.5 Å². The van der Waals surface area contributed by atoms with Crippen LogP contribution in [0.3, 0.4) is 0 Å². The van der Waals surface area contributed by atoms with Gasteiger partial charge in [-0.15, -0.1) is 0 Å². The van der Waals surface area contributed by atoms with E-state index in [0.717, 1.165) is 35.4 Å². The number of aryl methyl sites for hydroxylation is 2. The second kappa shape index (κ2) is 19.6. The lowest BCUT2D eigenvalue weighted by atomic mass is 10.0. The maximum atomic E-state index is 4.90. The van der Waals surface area contributed by atoms with Crippen LogP contribution in [0, 0.1) is 13.8 Å². The van der Waals surface area contributed by atoms with Crippen molar-refractivity contribution in [1.29, 1.82) is 0 Å². The molecule has 0 amide bonds. The van der Waals surface area contributed by atoms with E-state index in [2.05, 4.69) is 151 Å². The van der Waals surface area contributed by atoms with Crippen LogP contribution in [0.4, 0.5) is 0 Å². The summed E-state index contributed by atoms with van der Waals surface area (Å²) in [5.74, 6) is 0. The van der Waals surface area contributed by atoms with Gasteiger partial charge in [0.2, 0.25) is 0 Å². The molecule has 0 saturated carbocycles. The number of hydrogen-bond donors (Lipinski definition) is 0. The monoisotopic (exact) mass is 678 g/mol. The molecule has 0 unspecified atom stereocenters. The normalized spacial score (nSPS) is 11.1. The molecule has 0 aromatic heterocycles. The Hall–Kier alpha value is -4.86. The van der Waals surface area contributed by atoms with Gasteiger partial charge in [-0.3, -0.25) is 9.98 Å². The zero-order valence-corrected chi connectivity index (χ0v) is 29.1. The topological polar surface area (TPSA) is 24.7 Å². The van der Waals surface area contributed by atoms with Gasteiger partial charge in [0.05, 0.1) is 13.1 Å². The van der Waals surface area contributed by atoms with Crippen molar-refractivity contribution in [3.05, 3.63) is 213 Å². The van der Waals surface area contributed by atoms with Gasteiger partial charge >= 0.3 is 0 Å². The van der Waals surface area contributed by atoms with E-state index in [1.165, 1.54) is 38.9 Å². The first-order valence-electron chi connectivity index (χ1n) is 16.0. The van der Waals surface area contributed by atoms with Crippen molar-refractivity contribution in [2.45, 2.75) is 40.3 Å². The number of benzene rings is 6. The Bertz CT molecular complexity index is 1760. The third kappa shape index (κ3) is 13.2. The molecule has 47 heavy (non-hydrogen) atoms. The fourth-order valence-electron chi connectivity index (χ4n) is 4.65. The molecular formula is C44H43BrN2. The summed E-state index contributed by atoms with van der Waals surface area (Å²) in [5, 5.41) is 0. The van der Waals surface area contributed by atoms with Crippen molar-refractivity contribution in [2.75, 3.05) is 0 Å². The minimum atomic E-state index is 0.719. The lowest BCUT2D eigenvalue weighted by molar-refractivity contribution is 1.05. The third-order valence-corrected chi connectivity index (χ3v) is 7.97. The molecule has 0 N–H and O–H groups in total. The highest BCUT2D eigenvalue weighted by molar-refractivity contribution is 9.10. The van der Waals surface area contributed by atoms with E-state index < -0.39 is 0 Å². The summed E-state index contributed by atoms with van der Waals surface area (Å²) >= 11 is 3.35. The van der Waals surface area contributed by atoms with Gasteiger partial charge in [0.25, 0.3) is 0 Å². The Morgan fingerprint density at radius 3 is 1.32 bits per heavy atom. The molecule has 0 radical (unpaired) electrons. The van der Waals surface area contributed by atoms with Crippen molar-refractivity contribution in [2.24, 2.45) is 9.98 Å². The highest BCUT2D eigenvalue weighted by Crippen LogP contribution is 2.12. The Labute approximate surface area is 289 Å². The van der Waals surface area contributed by atoms with Gasteiger partial charge in [-0.25, -0.2) is 0 Å². The maximum absolute atomic E-state index is 4.90. The standard InChI is InChI=1S/C22H21N.C15H15N.C7H7Br/c1-18-12-14-19(15-13-18)16-22(21-10-6-3-7-11-21)23-17-20-8-4-2-5-9-20;1-13(15-10-6-3-7-11-15)16-12-14-8-4-2-5-9-14;1-6-2-4-7(8)5-3-6/h2-15H,16-17H2,1H3;2-11H,12H2,1H3;2-5H,1H3. The summed E-state index contributed by atoms with van der Waals surface area (Å²) in [6, 6.07) is 58.4. The van der Waals surface area contributed by atoms with E-state index in [4.69, 9.17) is 4.99 Å². The van der Waals surface area contributed by atoms with Crippen LogP contribution in [0.25, 0.3) is 0 Å². The zero-order chi connectivity index (χ0) is 33.1. The van der Waals surface area contributed by atoms with Crippen LogP contribution < -0.4 is 0 Å². The summed E-state index contributed by atoms with van der Waals surface area (Å²) in [6.07, 6.45) is 0.858. The second-order valence-corrected chi connectivity index (χ2v) is 12.2. The van der Waals surface area contributed by atoms with Crippen molar-refractivity contribution in [3.63, 3.8) is 0 Å². The summed E-state index contributed by atoms with van der Waals surface area (Å²) in [7, 11) is 0. The molecule has 0 bridgehead atoms. The summed E-state index contributed by atoms with van der Waals surface area (Å²) in [5.41, 5.74) is 11.0. The van der Waals surface area contributed by atoms with E-state index in [9.17, 15) is 0 Å².